The summed E-state index contributed by atoms with van der Waals surface area (Å²) in [5, 5.41) is 16.0. The number of H-pyrrole nitrogens is 1. The van der Waals surface area contributed by atoms with Gasteiger partial charge in [-0.3, -0.25) is 24.0 Å². The van der Waals surface area contributed by atoms with Crippen LogP contribution in [0.15, 0.2) is 12.5 Å². The van der Waals surface area contributed by atoms with Crippen LogP contribution in [-0.2, 0) is 35.2 Å². The number of carbonyl (C=O) groups excluding carboxylic acids is 5. The Bertz CT molecular complexity index is 923. The summed E-state index contributed by atoms with van der Waals surface area (Å²) in [4.78, 5) is 78.7. The summed E-state index contributed by atoms with van der Waals surface area (Å²) in [7, 11) is 0. The fraction of sp³-hybridized carbons (Fsp3) is 0.550. The van der Waals surface area contributed by atoms with Gasteiger partial charge in [-0.25, -0.2) is 9.78 Å². The third-order valence-corrected chi connectivity index (χ3v) is 4.97. The number of rotatable bonds is 17. The van der Waals surface area contributed by atoms with E-state index in [1.807, 2.05) is 5.32 Å². The number of unbranched alkanes of at least 4 members (excludes halogenated alkanes) is 1. The highest BCUT2D eigenvalue weighted by Gasteiger charge is 2.31. The molecule has 0 saturated heterocycles. The minimum Gasteiger partial charge on any atom is -0.480 e. The molecular formula is C20H33N9O7. The van der Waals surface area contributed by atoms with Crippen molar-refractivity contribution in [1.82, 2.24) is 25.9 Å². The van der Waals surface area contributed by atoms with E-state index < -0.39 is 72.5 Å². The highest BCUT2D eigenvalue weighted by molar-refractivity contribution is 5.96. The van der Waals surface area contributed by atoms with E-state index in [0.717, 1.165) is 0 Å². The van der Waals surface area contributed by atoms with Gasteiger partial charge >= 0.3 is 5.97 Å². The molecule has 13 N–H and O–H groups in total. The first-order valence-corrected chi connectivity index (χ1v) is 11.1. The van der Waals surface area contributed by atoms with Gasteiger partial charge in [-0.15, -0.1) is 0 Å². The van der Waals surface area contributed by atoms with Crippen molar-refractivity contribution < 1.29 is 33.9 Å². The van der Waals surface area contributed by atoms with Crippen molar-refractivity contribution in [3.05, 3.63) is 18.2 Å². The average Bonchev–Trinajstić information content (AvgIpc) is 3.29. The number of aromatic amines is 1. The van der Waals surface area contributed by atoms with Gasteiger partial charge in [-0.2, -0.15) is 0 Å². The van der Waals surface area contributed by atoms with E-state index in [-0.39, 0.29) is 12.8 Å². The molecule has 1 aromatic rings. The van der Waals surface area contributed by atoms with Crippen molar-refractivity contribution in [2.45, 2.75) is 62.7 Å². The van der Waals surface area contributed by atoms with Gasteiger partial charge in [0.05, 0.1) is 25.2 Å². The lowest BCUT2D eigenvalue weighted by atomic mass is 10.1. The summed E-state index contributed by atoms with van der Waals surface area (Å²) in [6.07, 6.45) is 2.75. The van der Waals surface area contributed by atoms with Crippen molar-refractivity contribution in [1.29, 1.82) is 0 Å². The van der Waals surface area contributed by atoms with Crippen LogP contribution < -0.4 is 38.9 Å². The SMILES string of the molecule is NCCCCC(NC(=O)C(N)Cc1cnc[nH]1)C(=O)NC(CC(N)=O)C(=O)NC(CC(N)=O)C(=O)O. The van der Waals surface area contributed by atoms with E-state index in [4.69, 9.17) is 22.9 Å². The van der Waals surface area contributed by atoms with Crippen molar-refractivity contribution in [2.75, 3.05) is 6.54 Å². The Balaban J connectivity index is 2.96. The summed E-state index contributed by atoms with van der Waals surface area (Å²) < 4.78 is 0. The zero-order valence-electron chi connectivity index (χ0n) is 19.6. The maximum atomic E-state index is 13.0. The molecule has 0 radical (unpaired) electrons. The zero-order chi connectivity index (χ0) is 27.3. The summed E-state index contributed by atoms with van der Waals surface area (Å²) in [5.74, 6) is -6.09. The lowest BCUT2D eigenvalue weighted by molar-refractivity contribution is -0.144. The van der Waals surface area contributed by atoms with Crippen LogP contribution in [0.5, 0.6) is 0 Å². The number of nitrogens with two attached hydrogens (primary N) is 4. The average molecular weight is 512 g/mol. The van der Waals surface area contributed by atoms with Gasteiger partial charge in [0.25, 0.3) is 0 Å². The minimum atomic E-state index is -1.69. The number of nitrogens with one attached hydrogen (secondary N) is 4. The number of aliphatic carboxylic acids is 1. The molecule has 0 fully saturated rings. The molecule has 0 aliphatic rings. The molecule has 4 atom stereocenters. The number of aromatic nitrogens is 2. The van der Waals surface area contributed by atoms with Crippen LogP contribution in [-0.4, -0.2) is 81.3 Å². The molecular weight excluding hydrogens is 478 g/mol. The van der Waals surface area contributed by atoms with Crippen LogP contribution in [0.1, 0.15) is 37.8 Å². The van der Waals surface area contributed by atoms with Crippen LogP contribution in [0.2, 0.25) is 0 Å². The molecule has 1 aromatic heterocycles. The van der Waals surface area contributed by atoms with Gasteiger partial charge < -0.3 is 49.0 Å². The van der Waals surface area contributed by atoms with E-state index >= 15 is 0 Å². The first-order chi connectivity index (χ1) is 16.9. The first kappa shape index (κ1) is 30.0. The van der Waals surface area contributed by atoms with E-state index in [1.54, 1.807) is 0 Å². The monoisotopic (exact) mass is 511 g/mol. The number of nitrogens with zero attached hydrogens (tertiary/aromatic N) is 1. The van der Waals surface area contributed by atoms with E-state index in [2.05, 4.69) is 20.6 Å². The van der Waals surface area contributed by atoms with Gasteiger partial charge in [0.1, 0.15) is 18.1 Å². The third-order valence-electron chi connectivity index (χ3n) is 4.97. The van der Waals surface area contributed by atoms with Gasteiger partial charge in [-0.1, -0.05) is 0 Å². The Hall–Kier alpha value is -4.05. The summed E-state index contributed by atoms with van der Waals surface area (Å²) in [6.45, 7) is 0.338. The van der Waals surface area contributed by atoms with Crippen molar-refractivity contribution >= 4 is 35.5 Å². The standard InChI is InChI=1S/C20H33N9O7/c21-4-2-1-3-12(27-17(32)11(22)5-10-8-25-9-26-10)18(33)28-13(6-15(23)30)19(34)29-14(20(35)36)7-16(24)31/h8-9,11-14H,1-7,21-22H2,(H2,23,30)(H2,24,31)(H,25,26)(H,27,32)(H,28,33)(H,29,34)(H,35,36). The molecule has 4 unspecified atom stereocenters. The number of amides is 5. The van der Waals surface area contributed by atoms with Crippen LogP contribution in [0.3, 0.4) is 0 Å². The number of imidazole rings is 1. The van der Waals surface area contributed by atoms with Crippen LogP contribution in [0.4, 0.5) is 0 Å². The van der Waals surface area contributed by atoms with Crippen molar-refractivity contribution in [3.63, 3.8) is 0 Å². The fourth-order valence-corrected chi connectivity index (χ4v) is 3.12. The van der Waals surface area contributed by atoms with Crippen LogP contribution in [0, 0.1) is 0 Å². The van der Waals surface area contributed by atoms with Gasteiger partial charge in [0, 0.05) is 18.3 Å². The molecule has 1 rings (SSSR count). The molecule has 1 heterocycles. The number of carboxylic acids is 1. The maximum Gasteiger partial charge on any atom is 0.326 e. The Labute approximate surface area is 206 Å². The second-order valence-electron chi connectivity index (χ2n) is 8.03. The smallest absolute Gasteiger partial charge is 0.326 e. The predicted octanol–water partition coefficient (Wildman–Crippen LogP) is -4.30. The molecule has 5 amide bonds. The highest BCUT2D eigenvalue weighted by Crippen LogP contribution is 2.05. The highest BCUT2D eigenvalue weighted by atomic mass is 16.4. The zero-order valence-corrected chi connectivity index (χ0v) is 19.6. The number of hydrogen-bond acceptors (Lipinski definition) is 9. The summed E-state index contributed by atoms with van der Waals surface area (Å²) >= 11 is 0. The van der Waals surface area contributed by atoms with Crippen LogP contribution >= 0.6 is 0 Å². The molecule has 0 aliphatic heterocycles. The van der Waals surface area contributed by atoms with Crippen molar-refractivity contribution in [2.24, 2.45) is 22.9 Å². The lowest BCUT2D eigenvalue weighted by Crippen LogP contribution is -2.58. The quantitative estimate of drug-likeness (QED) is 0.0906. The third kappa shape index (κ3) is 10.9. The Morgan fingerprint density at radius 3 is 1.97 bits per heavy atom. The predicted molar refractivity (Wildman–Crippen MR) is 124 cm³/mol. The molecule has 0 saturated carbocycles. The largest absolute Gasteiger partial charge is 0.480 e. The molecule has 0 aromatic carbocycles. The molecule has 36 heavy (non-hydrogen) atoms. The Kier molecular flexibility index (Phi) is 12.5. The first-order valence-electron chi connectivity index (χ1n) is 11.1. The second-order valence-corrected chi connectivity index (χ2v) is 8.03. The molecule has 200 valence electrons. The fourth-order valence-electron chi connectivity index (χ4n) is 3.12. The Morgan fingerprint density at radius 1 is 0.889 bits per heavy atom. The number of hydrogen-bond donors (Lipinski definition) is 9. The Morgan fingerprint density at radius 2 is 1.44 bits per heavy atom. The van der Waals surface area contributed by atoms with Gasteiger partial charge in [-0.05, 0) is 25.8 Å². The van der Waals surface area contributed by atoms with Crippen LogP contribution in [0.25, 0.3) is 0 Å². The molecule has 0 spiro atoms. The van der Waals surface area contributed by atoms with Gasteiger partial charge in [0.2, 0.25) is 29.5 Å². The topological polar surface area (TPSA) is 292 Å². The van der Waals surface area contributed by atoms with E-state index in [0.29, 0.717) is 25.1 Å². The number of primary amides is 2. The normalized spacial score (nSPS) is 14.1. The minimum absolute atomic E-state index is 0.117. The molecule has 16 nitrogen and oxygen atoms in total. The molecule has 16 heteroatoms. The van der Waals surface area contributed by atoms with E-state index in [1.165, 1.54) is 12.5 Å². The number of carbonyl (C=O) groups is 6. The second kappa shape index (κ2) is 15.0. The lowest BCUT2D eigenvalue weighted by Gasteiger charge is -2.24. The summed E-state index contributed by atoms with van der Waals surface area (Å²) in [6, 6.07) is -5.45. The van der Waals surface area contributed by atoms with Crippen molar-refractivity contribution in [3.8, 4) is 0 Å². The maximum absolute atomic E-state index is 13.0. The van der Waals surface area contributed by atoms with Gasteiger partial charge in [0.15, 0.2) is 0 Å². The molecule has 0 aliphatic carbocycles. The molecule has 0 bridgehead atoms. The van der Waals surface area contributed by atoms with E-state index in [9.17, 15) is 33.9 Å². The summed E-state index contributed by atoms with van der Waals surface area (Å²) in [5.41, 5.74) is 22.2. The number of carboxylic acid groups (broad SMARTS) is 1.